The normalized spacial score (nSPS) is 22.1. The number of nitrogens with zero attached hydrogens (tertiary/aromatic N) is 1. The molecule has 2 aromatic carbocycles. The van der Waals surface area contributed by atoms with Crippen LogP contribution in [0.25, 0.3) is 0 Å². The molecule has 2 unspecified atom stereocenters. The molecule has 6 heteroatoms. The number of allylic oxidation sites excluding steroid dienone is 3. The lowest BCUT2D eigenvalue weighted by Gasteiger charge is -2.37. The summed E-state index contributed by atoms with van der Waals surface area (Å²) in [6.45, 7) is 5.83. The Bertz CT molecular complexity index is 1360. The van der Waals surface area contributed by atoms with E-state index in [0.29, 0.717) is 24.0 Å². The standard InChI is InChI=1S/C33H38N2O4/c1-5-34-26-16-15-22(17-20(26)2)31-30(33(37)39-24-11-7-6-8-12-24)21(3)35-27-18-23(19-28(36)32(27)31)25-13-9-10-14-29(25)38-4/h5,9-10,13-17,23-24,31,35H,6-8,11-12,18-19H2,1-4H3. The number of hydrogen-bond donors (Lipinski definition) is 1. The summed E-state index contributed by atoms with van der Waals surface area (Å²) in [5, 5.41) is 3.47. The van der Waals surface area contributed by atoms with E-state index in [-0.39, 0.29) is 23.8 Å². The van der Waals surface area contributed by atoms with E-state index < -0.39 is 5.92 Å². The lowest BCUT2D eigenvalue weighted by molar-refractivity contribution is -0.146. The Kier molecular flexibility index (Phi) is 8.01. The molecule has 0 radical (unpaired) electrons. The molecule has 204 valence electrons. The number of methoxy groups -OCH3 is 1. The van der Waals surface area contributed by atoms with E-state index in [1.165, 1.54) is 6.42 Å². The van der Waals surface area contributed by atoms with Crippen molar-refractivity contribution in [1.29, 1.82) is 0 Å². The molecule has 1 N–H and O–H groups in total. The molecule has 39 heavy (non-hydrogen) atoms. The number of ether oxygens (including phenoxy) is 2. The molecular formula is C33H38N2O4. The minimum Gasteiger partial charge on any atom is -0.496 e. The summed E-state index contributed by atoms with van der Waals surface area (Å²) < 4.78 is 11.7. The van der Waals surface area contributed by atoms with Crippen LogP contribution in [0, 0.1) is 6.92 Å². The summed E-state index contributed by atoms with van der Waals surface area (Å²) >= 11 is 0. The van der Waals surface area contributed by atoms with Gasteiger partial charge in [-0.05, 0) is 81.7 Å². The van der Waals surface area contributed by atoms with E-state index in [4.69, 9.17) is 9.47 Å². The summed E-state index contributed by atoms with van der Waals surface area (Å²) in [4.78, 5) is 32.2. The number of benzene rings is 2. The SMILES string of the molecule is CC=Nc1ccc(C2C(C(=O)OC3CCCCC3)=C(C)NC3=C2C(=O)CC(c2ccccc2OC)C3)cc1C. The first-order valence-corrected chi connectivity index (χ1v) is 14.1. The molecule has 1 aliphatic heterocycles. The van der Waals surface area contributed by atoms with Gasteiger partial charge < -0.3 is 14.8 Å². The monoisotopic (exact) mass is 526 g/mol. The van der Waals surface area contributed by atoms with Gasteiger partial charge in [0.25, 0.3) is 0 Å². The van der Waals surface area contributed by atoms with Crippen LogP contribution in [0.1, 0.15) is 87.3 Å². The van der Waals surface area contributed by atoms with Crippen molar-refractivity contribution in [2.75, 3.05) is 7.11 Å². The molecule has 1 fully saturated rings. The number of rotatable bonds is 6. The average molecular weight is 527 g/mol. The fourth-order valence-electron chi connectivity index (χ4n) is 6.41. The number of carbonyl (C=O) groups excluding carboxylic acids is 2. The third-order valence-electron chi connectivity index (χ3n) is 8.27. The molecule has 6 nitrogen and oxygen atoms in total. The molecule has 1 saturated carbocycles. The van der Waals surface area contributed by atoms with Crippen molar-refractivity contribution in [3.8, 4) is 5.75 Å². The van der Waals surface area contributed by atoms with Gasteiger partial charge in [-0.25, -0.2) is 4.79 Å². The second kappa shape index (κ2) is 11.6. The predicted molar refractivity (Wildman–Crippen MR) is 154 cm³/mol. The van der Waals surface area contributed by atoms with Gasteiger partial charge in [0, 0.05) is 41.4 Å². The van der Waals surface area contributed by atoms with Crippen LogP contribution in [0.2, 0.25) is 0 Å². The number of aliphatic imine (C=N–C) groups is 1. The Labute approximate surface area is 231 Å². The van der Waals surface area contributed by atoms with Gasteiger partial charge in [0.05, 0.1) is 18.4 Å². The molecule has 0 spiro atoms. The Hall–Kier alpha value is -3.67. The molecule has 3 aliphatic rings. The van der Waals surface area contributed by atoms with Crippen LogP contribution in [0.3, 0.4) is 0 Å². The maximum Gasteiger partial charge on any atom is 0.337 e. The number of para-hydroxylation sites is 1. The molecule has 5 rings (SSSR count). The van der Waals surface area contributed by atoms with Crippen molar-refractivity contribution in [3.05, 3.63) is 81.7 Å². The van der Waals surface area contributed by atoms with Gasteiger partial charge in [0.1, 0.15) is 11.9 Å². The number of dihydropyridines is 1. The Morgan fingerprint density at radius 3 is 2.54 bits per heavy atom. The minimum absolute atomic E-state index is 0.00732. The highest BCUT2D eigenvalue weighted by Gasteiger charge is 2.42. The number of aryl methyl sites for hydroxylation is 1. The predicted octanol–water partition coefficient (Wildman–Crippen LogP) is 6.96. The van der Waals surface area contributed by atoms with Crippen molar-refractivity contribution < 1.29 is 19.1 Å². The molecule has 0 amide bonds. The number of esters is 1. The lowest BCUT2D eigenvalue weighted by Crippen LogP contribution is -2.37. The highest BCUT2D eigenvalue weighted by Crippen LogP contribution is 2.47. The summed E-state index contributed by atoms with van der Waals surface area (Å²) in [6, 6.07) is 13.9. The average Bonchev–Trinajstić information content (AvgIpc) is 2.93. The molecule has 2 aliphatic carbocycles. The quantitative estimate of drug-likeness (QED) is 0.325. The first-order valence-electron chi connectivity index (χ1n) is 14.1. The summed E-state index contributed by atoms with van der Waals surface area (Å²) in [7, 11) is 1.66. The van der Waals surface area contributed by atoms with Gasteiger partial charge in [-0.2, -0.15) is 0 Å². The number of nitrogens with one attached hydrogen (secondary N) is 1. The third kappa shape index (κ3) is 5.42. The highest BCUT2D eigenvalue weighted by atomic mass is 16.5. The highest BCUT2D eigenvalue weighted by molar-refractivity contribution is 6.04. The van der Waals surface area contributed by atoms with Crippen LogP contribution in [0.15, 0.2) is 70.0 Å². The second-order valence-corrected chi connectivity index (χ2v) is 10.9. The zero-order chi connectivity index (χ0) is 27.5. The molecule has 2 aromatic rings. The van der Waals surface area contributed by atoms with Gasteiger partial charge in [-0.1, -0.05) is 36.8 Å². The molecule has 0 aromatic heterocycles. The van der Waals surface area contributed by atoms with E-state index in [9.17, 15) is 9.59 Å². The topological polar surface area (TPSA) is 77.0 Å². The maximum atomic E-state index is 14.0. The zero-order valence-corrected chi connectivity index (χ0v) is 23.4. The molecule has 1 heterocycles. The maximum absolute atomic E-state index is 14.0. The van der Waals surface area contributed by atoms with Crippen molar-refractivity contribution in [3.63, 3.8) is 0 Å². The third-order valence-corrected chi connectivity index (χ3v) is 8.27. The lowest BCUT2D eigenvalue weighted by atomic mass is 9.71. The fourth-order valence-corrected chi connectivity index (χ4v) is 6.41. The molecule has 0 bridgehead atoms. The van der Waals surface area contributed by atoms with Gasteiger partial charge in [-0.3, -0.25) is 9.79 Å². The van der Waals surface area contributed by atoms with Crippen LogP contribution < -0.4 is 10.1 Å². The van der Waals surface area contributed by atoms with Crippen LogP contribution in [0.5, 0.6) is 5.75 Å². The molecule has 2 atom stereocenters. The van der Waals surface area contributed by atoms with Crippen molar-refractivity contribution in [2.45, 2.75) is 83.7 Å². The van der Waals surface area contributed by atoms with Gasteiger partial charge in [-0.15, -0.1) is 0 Å². The van der Waals surface area contributed by atoms with Crippen molar-refractivity contribution >= 4 is 23.7 Å². The second-order valence-electron chi connectivity index (χ2n) is 10.9. The van der Waals surface area contributed by atoms with Crippen LogP contribution >= 0.6 is 0 Å². The number of hydrogen-bond acceptors (Lipinski definition) is 6. The van der Waals surface area contributed by atoms with Crippen molar-refractivity contribution in [2.24, 2.45) is 4.99 Å². The molecular weight excluding hydrogens is 488 g/mol. The minimum atomic E-state index is -0.484. The van der Waals surface area contributed by atoms with Crippen LogP contribution in [0.4, 0.5) is 5.69 Å². The van der Waals surface area contributed by atoms with E-state index >= 15 is 0 Å². The zero-order valence-electron chi connectivity index (χ0n) is 23.4. The number of ketones is 1. The fraction of sp³-hybridized carbons (Fsp3) is 0.424. The first kappa shape index (κ1) is 26.9. The van der Waals surface area contributed by atoms with E-state index in [2.05, 4.69) is 16.4 Å². The number of Topliss-reactive ketones (excluding diaryl/α,β-unsaturated/α-hetero) is 1. The number of carbonyl (C=O) groups is 2. The van der Waals surface area contributed by atoms with Gasteiger partial charge >= 0.3 is 5.97 Å². The Balaban J connectivity index is 1.56. The largest absolute Gasteiger partial charge is 0.496 e. The van der Waals surface area contributed by atoms with E-state index in [1.54, 1.807) is 13.3 Å². The van der Waals surface area contributed by atoms with Crippen LogP contribution in [-0.4, -0.2) is 31.2 Å². The van der Waals surface area contributed by atoms with E-state index in [0.717, 1.165) is 65.2 Å². The van der Waals surface area contributed by atoms with Gasteiger partial charge in [0.15, 0.2) is 5.78 Å². The van der Waals surface area contributed by atoms with Gasteiger partial charge in [0.2, 0.25) is 0 Å². The van der Waals surface area contributed by atoms with Crippen LogP contribution in [-0.2, 0) is 14.3 Å². The Morgan fingerprint density at radius 2 is 1.82 bits per heavy atom. The first-order chi connectivity index (χ1) is 18.9. The smallest absolute Gasteiger partial charge is 0.337 e. The summed E-state index contributed by atoms with van der Waals surface area (Å²) in [5.74, 6) is 0.0252. The molecule has 0 saturated heterocycles. The Morgan fingerprint density at radius 1 is 1.05 bits per heavy atom. The summed E-state index contributed by atoms with van der Waals surface area (Å²) in [5.41, 5.74) is 6.66. The van der Waals surface area contributed by atoms with E-state index in [1.807, 2.05) is 57.2 Å². The summed E-state index contributed by atoms with van der Waals surface area (Å²) in [6.07, 6.45) is 7.86. The van der Waals surface area contributed by atoms with Crippen molar-refractivity contribution in [1.82, 2.24) is 5.32 Å².